The van der Waals surface area contributed by atoms with E-state index in [9.17, 15) is 13.2 Å². The molecule has 0 bridgehead atoms. The number of nitrogens with one attached hydrogen (secondary N) is 3. The Hall–Kier alpha value is -1.67. The number of carbonyl (C=O) groups is 1. The van der Waals surface area contributed by atoms with E-state index in [4.69, 9.17) is 0 Å². The van der Waals surface area contributed by atoms with Crippen molar-refractivity contribution in [1.82, 2.24) is 15.0 Å². The molecule has 0 aliphatic heterocycles. The zero-order valence-electron chi connectivity index (χ0n) is 10.9. The molecule has 0 radical (unpaired) electrons. The Morgan fingerprint density at radius 1 is 1.42 bits per heavy atom. The first-order valence-electron chi connectivity index (χ1n) is 5.87. The van der Waals surface area contributed by atoms with Crippen LogP contribution in [0, 0.1) is 0 Å². The Balaban J connectivity index is 2.64. The summed E-state index contributed by atoms with van der Waals surface area (Å²) < 4.78 is 24.6. The Labute approximate surface area is 112 Å². The standard InChI is InChI=1S/C11H18N4O3S/c1-3-14-10-8-13-5-4-9(10)11(16)15-6-7-19(17,18)12-2/h4-5,8,12,14H,3,6-7H2,1-2H3,(H,15,16). The van der Waals surface area contributed by atoms with E-state index in [1.165, 1.54) is 13.2 Å². The summed E-state index contributed by atoms with van der Waals surface area (Å²) in [6.45, 7) is 2.63. The summed E-state index contributed by atoms with van der Waals surface area (Å²) in [5.74, 6) is -0.485. The number of hydrogen-bond acceptors (Lipinski definition) is 5. The van der Waals surface area contributed by atoms with Crippen LogP contribution in [0.4, 0.5) is 5.69 Å². The van der Waals surface area contributed by atoms with Gasteiger partial charge in [-0.05, 0) is 20.0 Å². The van der Waals surface area contributed by atoms with E-state index in [-0.39, 0.29) is 18.2 Å². The van der Waals surface area contributed by atoms with Crippen LogP contribution in [0.2, 0.25) is 0 Å². The third-order valence-electron chi connectivity index (χ3n) is 2.40. The highest BCUT2D eigenvalue weighted by Gasteiger charge is 2.12. The quantitative estimate of drug-likeness (QED) is 0.644. The molecule has 0 saturated carbocycles. The molecule has 0 aliphatic rings. The molecule has 1 amide bonds. The number of nitrogens with zero attached hydrogens (tertiary/aromatic N) is 1. The molecule has 0 aromatic carbocycles. The van der Waals surface area contributed by atoms with Gasteiger partial charge in [-0.25, -0.2) is 13.1 Å². The van der Waals surface area contributed by atoms with Gasteiger partial charge in [-0.2, -0.15) is 0 Å². The second kappa shape index (κ2) is 7.05. The number of amides is 1. The monoisotopic (exact) mass is 286 g/mol. The van der Waals surface area contributed by atoms with Gasteiger partial charge >= 0.3 is 0 Å². The minimum Gasteiger partial charge on any atom is -0.383 e. The van der Waals surface area contributed by atoms with E-state index in [0.29, 0.717) is 17.8 Å². The van der Waals surface area contributed by atoms with E-state index in [1.807, 2.05) is 6.92 Å². The number of rotatable bonds is 7. The molecule has 1 rings (SSSR count). The summed E-state index contributed by atoms with van der Waals surface area (Å²) in [7, 11) is -1.97. The van der Waals surface area contributed by atoms with Crippen LogP contribution in [-0.2, 0) is 10.0 Å². The predicted octanol–water partition coefficient (Wildman–Crippen LogP) is -0.208. The van der Waals surface area contributed by atoms with Gasteiger partial charge in [-0.3, -0.25) is 9.78 Å². The highest BCUT2D eigenvalue weighted by Crippen LogP contribution is 2.12. The zero-order valence-corrected chi connectivity index (χ0v) is 11.8. The first kappa shape index (κ1) is 15.4. The van der Waals surface area contributed by atoms with Gasteiger partial charge in [0.15, 0.2) is 0 Å². The number of sulfonamides is 1. The van der Waals surface area contributed by atoms with Gasteiger partial charge in [-0.15, -0.1) is 0 Å². The van der Waals surface area contributed by atoms with Gasteiger partial charge in [-0.1, -0.05) is 0 Å². The lowest BCUT2D eigenvalue weighted by molar-refractivity contribution is 0.0957. The van der Waals surface area contributed by atoms with Crippen molar-refractivity contribution in [3.05, 3.63) is 24.0 Å². The van der Waals surface area contributed by atoms with Crippen molar-refractivity contribution in [1.29, 1.82) is 0 Å². The summed E-state index contributed by atoms with van der Waals surface area (Å²) in [6.07, 6.45) is 3.07. The molecular weight excluding hydrogens is 268 g/mol. The molecule has 1 aromatic heterocycles. The molecule has 0 atom stereocenters. The largest absolute Gasteiger partial charge is 0.383 e. The third kappa shape index (κ3) is 4.84. The maximum atomic E-state index is 11.9. The summed E-state index contributed by atoms with van der Waals surface area (Å²) in [6, 6.07) is 1.58. The molecule has 8 heteroatoms. The fourth-order valence-corrected chi connectivity index (χ4v) is 1.99. The average molecular weight is 286 g/mol. The van der Waals surface area contributed by atoms with E-state index >= 15 is 0 Å². The molecule has 3 N–H and O–H groups in total. The predicted molar refractivity (Wildman–Crippen MR) is 73.6 cm³/mol. The van der Waals surface area contributed by atoms with E-state index in [1.54, 1.807) is 12.3 Å². The van der Waals surface area contributed by atoms with Crippen LogP contribution in [0.1, 0.15) is 17.3 Å². The maximum Gasteiger partial charge on any atom is 0.253 e. The molecule has 0 aliphatic carbocycles. The molecule has 106 valence electrons. The first-order chi connectivity index (χ1) is 9.00. The Kier molecular flexibility index (Phi) is 5.71. The first-order valence-corrected chi connectivity index (χ1v) is 7.52. The minimum atomic E-state index is -3.31. The van der Waals surface area contributed by atoms with Crippen molar-refractivity contribution in [2.24, 2.45) is 0 Å². The van der Waals surface area contributed by atoms with E-state index in [0.717, 1.165) is 0 Å². The van der Waals surface area contributed by atoms with Crippen molar-refractivity contribution in [3.8, 4) is 0 Å². The number of carbonyl (C=O) groups excluding carboxylic acids is 1. The fourth-order valence-electron chi connectivity index (χ4n) is 1.42. The number of aromatic nitrogens is 1. The number of hydrogen-bond donors (Lipinski definition) is 3. The molecular formula is C11H18N4O3S. The van der Waals surface area contributed by atoms with Crippen LogP contribution in [0.5, 0.6) is 0 Å². The fraction of sp³-hybridized carbons (Fsp3) is 0.455. The van der Waals surface area contributed by atoms with Gasteiger partial charge in [0, 0.05) is 19.3 Å². The van der Waals surface area contributed by atoms with E-state index in [2.05, 4.69) is 20.3 Å². The second-order valence-electron chi connectivity index (χ2n) is 3.73. The lowest BCUT2D eigenvalue weighted by atomic mass is 10.2. The Morgan fingerprint density at radius 2 is 2.16 bits per heavy atom. The molecule has 1 heterocycles. The topological polar surface area (TPSA) is 100 Å². The van der Waals surface area contributed by atoms with Crippen molar-refractivity contribution in [2.75, 3.05) is 31.2 Å². The second-order valence-corrected chi connectivity index (χ2v) is 5.78. The van der Waals surface area contributed by atoms with E-state index < -0.39 is 10.0 Å². The zero-order chi connectivity index (χ0) is 14.3. The molecule has 7 nitrogen and oxygen atoms in total. The lowest BCUT2D eigenvalue weighted by Gasteiger charge is -2.10. The van der Waals surface area contributed by atoms with Crippen molar-refractivity contribution < 1.29 is 13.2 Å². The smallest absolute Gasteiger partial charge is 0.253 e. The summed E-state index contributed by atoms with van der Waals surface area (Å²) in [5.41, 5.74) is 1.07. The normalized spacial score (nSPS) is 11.1. The van der Waals surface area contributed by atoms with Gasteiger partial charge in [0.2, 0.25) is 10.0 Å². The van der Waals surface area contributed by atoms with Crippen LogP contribution >= 0.6 is 0 Å². The average Bonchev–Trinajstić information content (AvgIpc) is 2.39. The SMILES string of the molecule is CCNc1cnccc1C(=O)NCCS(=O)(=O)NC. The third-order valence-corrected chi connectivity index (χ3v) is 3.76. The van der Waals surface area contributed by atoms with Crippen LogP contribution in [0.15, 0.2) is 18.5 Å². The molecule has 19 heavy (non-hydrogen) atoms. The minimum absolute atomic E-state index is 0.0515. The molecule has 0 fully saturated rings. The Bertz CT molecular complexity index is 530. The van der Waals surface area contributed by atoms with Gasteiger partial charge in [0.25, 0.3) is 5.91 Å². The van der Waals surface area contributed by atoms with Gasteiger partial charge in [0.1, 0.15) is 0 Å². The summed E-state index contributed by atoms with van der Waals surface area (Å²) >= 11 is 0. The molecule has 0 saturated heterocycles. The van der Waals surface area contributed by atoms with Gasteiger partial charge in [0.05, 0.1) is 23.2 Å². The maximum absolute atomic E-state index is 11.9. The molecule has 0 unspecified atom stereocenters. The highest BCUT2D eigenvalue weighted by molar-refractivity contribution is 7.89. The molecule has 1 aromatic rings. The van der Waals surface area contributed by atoms with Crippen molar-refractivity contribution >= 4 is 21.6 Å². The number of anilines is 1. The highest BCUT2D eigenvalue weighted by atomic mass is 32.2. The Morgan fingerprint density at radius 3 is 2.79 bits per heavy atom. The number of pyridine rings is 1. The van der Waals surface area contributed by atoms with Crippen LogP contribution < -0.4 is 15.4 Å². The van der Waals surface area contributed by atoms with Crippen molar-refractivity contribution in [2.45, 2.75) is 6.92 Å². The van der Waals surface area contributed by atoms with Crippen LogP contribution in [0.25, 0.3) is 0 Å². The summed E-state index contributed by atoms with van der Waals surface area (Å²) in [4.78, 5) is 15.9. The van der Waals surface area contributed by atoms with Crippen LogP contribution in [0.3, 0.4) is 0 Å². The van der Waals surface area contributed by atoms with Gasteiger partial charge < -0.3 is 10.6 Å². The van der Waals surface area contributed by atoms with Crippen molar-refractivity contribution in [3.63, 3.8) is 0 Å². The summed E-state index contributed by atoms with van der Waals surface area (Å²) in [5, 5.41) is 5.58. The lowest BCUT2D eigenvalue weighted by Crippen LogP contribution is -2.33. The van der Waals surface area contributed by atoms with Crippen LogP contribution in [-0.4, -0.2) is 45.2 Å². The molecule has 0 spiro atoms.